The zero-order valence-corrected chi connectivity index (χ0v) is 22.0. The SMILES string of the molecule is C=C1CCC(C)(C(C)CC2(O)C=C(C)C(=O)O2)C12CCC1=C2CCC2C(C)(C)C(=O)CCC12C. The van der Waals surface area contributed by atoms with Crippen LogP contribution in [0.5, 0.6) is 0 Å². The van der Waals surface area contributed by atoms with E-state index >= 15 is 0 Å². The van der Waals surface area contributed by atoms with Crippen molar-refractivity contribution >= 4 is 11.8 Å². The Hall–Kier alpha value is -1.68. The van der Waals surface area contributed by atoms with Gasteiger partial charge in [0.05, 0.1) is 0 Å². The molecule has 0 aromatic carbocycles. The summed E-state index contributed by atoms with van der Waals surface area (Å²) in [6.07, 6.45) is 9.99. The van der Waals surface area contributed by atoms with E-state index in [4.69, 9.17) is 4.74 Å². The number of ketones is 1. The fraction of sp³-hybridized carbons (Fsp3) is 0.733. The fourth-order valence-corrected chi connectivity index (χ4v) is 9.42. The van der Waals surface area contributed by atoms with Crippen LogP contribution in [0.3, 0.4) is 0 Å². The molecule has 5 aliphatic rings. The Morgan fingerprint density at radius 3 is 2.41 bits per heavy atom. The van der Waals surface area contributed by atoms with Gasteiger partial charge in [0, 0.05) is 29.2 Å². The van der Waals surface area contributed by atoms with Gasteiger partial charge in [0.15, 0.2) is 0 Å². The predicted octanol–water partition coefficient (Wildman–Crippen LogP) is 6.44. The number of allylic oxidation sites excluding steroid dienone is 3. The standard InChI is InChI=1S/C30H42O4/c1-18-16-29(33,34-25(18)32)17-20(3)28(7)14-10-19(2)30(28)15-11-21-22(30)8-9-23-26(4,5)24(31)12-13-27(21,23)6/h16,20,23,33H,2,8-15,17H2,1,3-7H3. The Balaban J connectivity index is 1.54. The average Bonchev–Trinajstić information content (AvgIpc) is 3.35. The smallest absolute Gasteiger partial charge is 0.336 e. The average molecular weight is 467 g/mol. The summed E-state index contributed by atoms with van der Waals surface area (Å²) in [7, 11) is 0. The van der Waals surface area contributed by atoms with Crippen LogP contribution in [0.25, 0.3) is 0 Å². The van der Waals surface area contributed by atoms with Crippen LogP contribution >= 0.6 is 0 Å². The number of hydrogen-bond donors (Lipinski definition) is 1. The number of carbonyl (C=O) groups excluding carboxylic acids is 2. The minimum absolute atomic E-state index is 0.0565. The van der Waals surface area contributed by atoms with Gasteiger partial charge in [0.1, 0.15) is 5.78 Å². The fourth-order valence-electron chi connectivity index (χ4n) is 9.42. The van der Waals surface area contributed by atoms with E-state index in [-0.39, 0.29) is 27.6 Å². The monoisotopic (exact) mass is 466 g/mol. The van der Waals surface area contributed by atoms with Gasteiger partial charge in [-0.2, -0.15) is 0 Å². The van der Waals surface area contributed by atoms with Gasteiger partial charge in [0.25, 0.3) is 0 Å². The van der Waals surface area contributed by atoms with Crippen LogP contribution in [0, 0.1) is 33.5 Å². The maximum atomic E-state index is 12.8. The van der Waals surface area contributed by atoms with Crippen molar-refractivity contribution in [1.82, 2.24) is 0 Å². The van der Waals surface area contributed by atoms with Crippen molar-refractivity contribution in [2.24, 2.45) is 33.5 Å². The largest absolute Gasteiger partial charge is 0.426 e. The summed E-state index contributed by atoms with van der Waals surface area (Å²) in [5, 5.41) is 11.1. The molecule has 1 spiro atoms. The van der Waals surface area contributed by atoms with Crippen molar-refractivity contribution in [1.29, 1.82) is 0 Å². The lowest BCUT2D eigenvalue weighted by Gasteiger charge is -2.56. The number of aliphatic hydroxyl groups is 1. The maximum Gasteiger partial charge on any atom is 0.336 e. The minimum Gasteiger partial charge on any atom is -0.426 e. The third-order valence-electron chi connectivity index (χ3n) is 11.5. The molecule has 6 atom stereocenters. The summed E-state index contributed by atoms with van der Waals surface area (Å²) in [4.78, 5) is 24.9. The number of Topliss-reactive ketones (excluding diaryl/α,β-unsaturated/α-hetero) is 1. The molecular weight excluding hydrogens is 424 g/mol. The molecule has 0 amide bonds. The van der Waals surface area contributed by atoms with Gasteiger partial charge in [-0.25, -0.2) is 4.79 Å². The second-order valence-electron chi connectivity index (χ2n) is 13.2. The first-order chi connectivity index (χ1) is 15.7. The molecule has 1 N–H and O–H groups in total. The summed E-state index contributed by atoms with van der Waals surface area (Å²) < 4.78 is 5.40. The number of hydrogen-bond acceptors (Lipinski definition) is 4. The van der Waals surface area contributed by atoms with Crippen LogP contribution < -0.4 is 0 Å². The summed E-state index contributed by atoms with van der Waals surface area (Å²) in [6, 6.07) is 0. The molecule has 0 bridgehead atoms. The molecule has 5 rings (SSSR count). The van der Waals surface area contributed by atoms with Gasteiger partial charge in [-0.3, -0.25) is 4.79 Å². The molecular formula is C30H42O4. The first-order valence-electron chi connectivity index (χ1n) is 13.3. The zero-order valence-electron chi connectivity index (χ0n) is 22.0. The van der Waals surface area contributed by atoms with Crippen LogP contribution in [0.4, 0.5) is 0 Å². The molecule has 34 heavy (non-hydrogen) atoms. The Labute approximate surface area is 204 Å². The van der Waals surface area contributed by atoms with Crippen molar-refractivity contribution in [3.8, 4) is 0 Å². The van der Waals surface area contributed by atoms with Gasteiger partial charge >= 0.3 is 5.97 Å². The third kappa shape index (κ3) is 2.87. The quantitative estimate of drug-likeness (QED) is 0.384. The Kier molecular flexibility index (Phi) is 5.08. The lowest BCUT2D eigenvalue weighted by Crippen LogP contribution is -2.51. The highest BCUT2D eigenvalue weighted by atomic mass is 16.7. The van der Waals surface area contributed by atoms with Gasteiger partial charge in [-0.15, -0.1) is 0 Å². The van der Waals surface area contributed by atoms with Crippen LogP contribution in [-0.4, -0.2) is 22.6 Å². The van der Waals surface area contributed by atoms with Gasteiger partial charge in [-0.1, -0.05) is 57.9 Å². The molecule has 4 aliphatic carbocycles. The van der Waals surface area contributed by atoms with Crippen LogP contribution in [0.2, 0.25) is 0 Å². The molecule has 0 aromatic rings. The van der Waals surface area contributed by atoms with E-state index in [0.29, 0.717) is 30.1 Å². The summed E-state index contributed by atoms with van der Waals surface area (Å²) in [6.45, 7) is 17.8. The Morgan fingerprint density at radius 1 is 1.06 bits per heavy atom. The number of cyclic esters (lactones) is 1. The molecule has 0 saturated heterocycles. The number of carbonyl (C=O) groups is 2. The van der Waals surface area contributed by atoms with E-state index in [1.807, 2.05) is 0 Å². The molecule has 186 valence electrons. The number of esters is 1. The highest BCUT2D eigenvalue weighted by Crippen LogP contribution is 2.74. The summed E-state index contributed by atoms with van der Waals surface area (Å²) in [5.41, 5.74) is 4.77. The number of fused-ring (bicyclic) bond motifs is 3. The Bertz CT molecular complexity index is 1050. The van der Waals surface area contributed by atoms with E-state index < -0.39 is 11.8 Å². The van der Waals surface area contributed by atoms with Crippen LogP contribution in [-0.2, 0) is 14.3 Å². The second kappa shape index (κ2) is 7.18. The molecule has 4 nitrogen and oxygen atoms in total. The van der Waals surface area contributed by atoms with Gasteiger partial charge < -0.3 is 9.84 Å². The van der Waals surface area contributed by atoms with Gasteiger partial charge in [0.2, 0.25) is 5.79 Å². The third-order valence-corrected chi connectivity index (χ3v) is 11.5. The minimum atomic E-state index is -1.51. The molecule has 0 radical (unpaired) electrons. The number of ether oxygens (including phenoxy) is 1. The highest BCUT2D eigenvalue weighted by molar-refractivity contribution is 5.90. The van der Waals surface area contributed by atoms with E-state index in [9.17, 15) is 14.7 Å². The summed E-state index contributed by atoms with van der Waals surface area (Å²) in [5.74, 6) is -0.953. The molecule has 2 saturated carbocycles. The highest BCUT2D eigenvalue weighted by Gasteiger charge is 2.65. The zero-order chi connectivity index (χ0) is 24.9. The summed E-state index contributed by atoms with van der Waals surface area (Å²) >= 11 is 0. The lowest BCUT2D eigenvalue weighted by molar-refractivity contribution is -0.187. The van der Waals surface area contributed by atoms with Crippen molar-refractivity contribution in [3.05, 3.63) is 34.9 Å². The van der Waals surface area contributed by atoms with E-state index in [1.165, 1.54) is 5.57 Å². The van der Waals surface area contributed by atoms with Crippen molar-refractivity contribution < 1.29 is 19.4 Å². The van der Waals surface area contributed by atoms with E-state index in [2.05, 4.69) is 41.2 Å². The molecule has 2 fully saturated rings. The molecule has 1 aliphatic heterocycles. The Morgan fingerprint density at radius 2 is 1.76 bits per heavy atom. The maximum absolute atomic E-state index is 12.8. The van der Waals surface area contributed by atoms with Crippen molar-refractivity contribution in [3.63, 3.8) is 0 Å². The normalized spacial score (nSPS) is 44.3. The van der Waals surface area contributed by atoms with Gasteiger partial charge in [-0.05, 0) is 80.6 Å². The molecule has 1 heterocycles. The molecule has 0 aromatic heterocycles. The first-order valence-corrected chi connectivity index (χ1v) is 13.3. The van der Waals surface area contributed by atoms with E-state index in [1.54, 1.807) is 24.1 Å². The van der Waals surface area contributed by atoms with Crippen LogP contribution in [0.15, 0.2) is 34.9 Å². The second-order valence-corrected chi connectivity index (χ2v) is 13.2. The topological polar surface area (TPSA) is 63.6 Å². The molecule has 6 unspecified atom stereocenters. The van der Waals surface area contributed by atoms with Crippen molar-refractivity contribution in [2.75, 3.05) is 0 Å². The van der Waals surface area contributed by atoms with Crippen molar-refractivity contribution in [2.45, 2.75) is 105 Å². The van der Waals surface area contributed by atoms with E-state index in [0.717, 1.165) is 44.9 Å². The number of rotatable bonds is 3. The lowest BCUT2D eigenvalue weighted by atomic mass is 9.48. The molecule has 4 heteroatoms. The predicted molar refractivity (Wildman–Crippen MR) is 133 cm³/mol. The van der Waals surface area contributed by atoms with Crippen LogP contribution in [0.1, 0.15) is 99.3 Å². The first kappa shape index (κ1) is 24.0.